The summed E-state index contributed by atoms with van der Waals surface area (Å²) in [5.41, 5.74) is 9.07. The van der Waals surface area contributed by atoms with Crippen molar-refractivity contribution in [3.05, 3.63) is 83.6 Å². The quantitative estimate of drug-likeness (QED) is 0.257. The summed E-state index contributed by atoms with van der Waals surface area (Å²) in [6.45, 7) is 6.33. The highest BCUT2D eigenvalue weighted by Crippen LogP contribution is 2.37. The van der Waals surface area contributed by atoms with Gasteiger partial charge in [0.15, 0.2) is 0 Å². The summed E-state index contributed by atoms with van der Waals surface area (Å²) in [5.74, 6) is -0.189. The van der Waals surface area contributed by atoms with Crippen molar-refractivity contribution in [1.29, 1.82) is 0 Å². The van der Waals surface area contributed by atoms with Crippen molar-refractivity contribution in [2.24, 2.45) is 16.8 Å². The van der Waals surface area contributed by atoms with Gasteiger partial charge in [0.2, 0.25) is 11.8 Å². The molecule has 0 aromatic heterocycles. The van der Waals surface area contributed by atoms with Crippen molar-refractivity contribution in [1.82, 2.24) is 20.4 Å². The van der Waals surface area contributed by atoms with Crippen LogP contribution >= 0.6 is 0 Å². The van der Waals surface area contributed by atoms with Gasteiger partial charge in [-0.25, -0.2) is 9.59 Å². The Hall–Kier alpha value is -5.23. The molecule has 3 saturated heterocycles. The first-order valence-electron chi connectivity index (χ1n) is 20.4. The van der Waals surface area contributed by atoms with Crippen molar-refractivity contribution in [2.45, 2.75) is 89.4 Å². The second kappa shape index (κ2) is 17.9. The molecular weight excluding hydrogens is 723 g/mol. The van der Waals surface area contributed by atoms with Crippen LogP contribution in [0, 0.1) is 11.8 Å². The minimum atomic E-state index is -0.655. The standard InChI is InChI=1S/C45H55N5O7/c1-28(2)40(47-44(53)55-3)42(51)50-22-6-8-39(50)37-26-36(27-46-37)32-15-11-30(12-16-32)29-9-13-31(14-10-29)34-17-18-35(25-34)38-7-5-21-49(38)43(52)41(48-45(54)56-4)33-19-23-57-24-20-33/h9-18,27-28,33,38-41H,5-8,19-26H2,1-4H3,(H,47,53)(H,48,54)/t38?,39-,40-,41?/m0/s1. The maximum atomic E-state index is 14.0. The fraction of sp³-hybridized carbons (Fsp3) is 0.489. The van der Waals surface area contributed by atoms with Gasteiger partial charge in [0.25, 0.3) is 0 Å². The van der Waals surface area contributed by atoms with E-state index in [4.69, 9.17) is 19.2 Å². The first-order chi connectivity index (χ1) is 27.6. The molecule has 302 valence electrons. The van der Waals surface area contributed by atoms with Crippen LogP contribution in [0.15, 0.2) is 77.4 Å². The van der Waals surface area contributed by atoms with Crippen molar-refractivity contribution >= 4 is 40.9 Å². The molecule has 4 heterocycles. The molecule has 2 N–H and O–H groups in total. The fourth-order valence-electron chi connectivity index (χ4n) is 9.02. The molecule has 4 atom stereocenters. The van der Waals surface area contributed by atoms with E-state index in [0.717, 1.165) is 78.5 Å². The number of likely N-dealkylation sites (tertiary alicyclic amines) is 2. The number of hydrogen-bond donors (Lipinski definition) is 2. The molecule has 12 heteroatoms. The summed E-state index contributed by atoms with van der Waals surface area (Å²) in [4.78, 5) is 60.4. The highest BCUT2D eigenvalue weighted by molar-refractivity contribution is 6.04. The van der Waals surface area contributed by atoms with Crippen molar-refractivity contribution in [3.63, 3.8) is 0 Å². The SMILES string of the molecule is COC(=O)NC(C(=O)N1CCCC1C1=CC=C(c2ccc(-c3ccc(C4=CN=C([C@@H]5CCCN5C(=O)[C@@H](NC(=O)OC)C(C)C)C4)cc3)cc2)C1)C1CCOCC1. The van der Waals surface area contributed by atoms with E-state index in [-0.39, 0.29) is 35.7 Å². The maximum Gasteiger partial charge on any atom is 0.407 e. The molecule has 0 saturated carbocycles. The van der Waals surface area contributed by atoms with Crippen LogP contribution in [0.1, 0.15) is 76.3 Å². The average molecular weight is 778 g/mol. The number of carbonyl (C=O) groups excluding carboxylic acids is 4. The smallest absolute Gasteiger partial charge is 0.407 e. The maximum absolute atomic E-state index is 14.0. The van der Waals surface area contributed by atoms with E-state index in [0.29, 0.717) is 32.7 Å². The Kier molecular flexibility index (Phi) is 12.6. The van der Waals surface area contributed by atoms with Gasteiger partial charge in [-0.15, -0.1) is 0 Å². The van der Waals surface area contributed by atoms with E-state index in [1.807, 2.05) is 29.8 Å². The number of alkyl carbamates (subject to hydrolysis) is 2. The third-order valence-corrected chi connectivity index (χ3v) is 12.2. The van der Waals surface area contributed by atoms with Crippen LogP contribution in [0.3, 0.4) is 0 Å². The lowest BCUT2D eigenvalue weighted by Crippen LogP contribution is -2.54. The van der Waals surface area contributed by atoms with Crippen LogP contribution < -0.4 is 10.6 Å². The Bertz CT molecular complexity index is 1940. The summed E-state index contributed by atoms with van der Waals surface area (Å²) >= 11 is 0. The van der Waals surface area contributed by atoms with E-state index in [1.165, 1.54) is 25.4 Å². The molecule has 7 rings (SSSR count). The Balaban J connectivity index is 0.940. The van der Waals surface area contributed by atoms with Crippen LogP contribution in [0.5, 0.6) is 0 Å². The molecule has 57 heavy (non-hydrogen) atoms. The monoisotopic (exact) mass is 777 g/mol. The van der Waals surface area contributed by atoms with Crippen molar-refractivity contribution in [3.8, 4) is 11.1 Å². The minimum Gasteiger partial charge on any atom is -0.453 e. The third kappa shape index (κ3) is 8.86. The topological polar surface area (TPSA) is 139 Å². The predicted molar refractivity (Wildman–Crippen MR) is 219 cm³/mol. The second-order valence-electron chi connectivity index (χ2n) is 16.0. The van der Waals surface area contributed by atoms with Crippen LogP contribution in [-0.4, -0.2) is 104 Å². The number of rotatable bonds is 11. The number of benzene rings is 2. The normalized spacial score (nSPS) is 22.1. The Morgan fingerprint density at radius 1 is 0.702 bits per heavy atom. The van der Waals surface area contributed by atoms with Gasteiger partial charge in [0.05, 0.1) is 26.3 Å². The predicted octanol–water partition coefficient (Wildman–Crippen LogP) is 6.77. The van der Waals surface area contributed by atoms with Gasteiger partial charge in [-0.05, 0) is 95.8 Å². The van der Waals surface area contributed by atoms with Gasteiger partial charge in [-0.2, -0.15) is 0 Å². The van der Waals surface area contributed by atoms with Gasteiger partial charge in [-0.3, -0.25) is 14.6 Å². The van der Waals surface area contributed by atoms with Crippen molar-refractivity contribution < 1.29 is 33.4 Å². The van der Waals surface area contributed by atoms with Gasteiger partial charge in [-0.1, -0.05) is 74.5 Å². The van der Waals surface area contributed by atoms with E-state index in [2.05, 4.69) is 71.3 Å². The molecule has 0 bridgehead atoms. The largest absolute Gasteiger partial charge is 0.453 e. The van der Waals surface area contributed by atoms with E-state index in [9.17, 15) is 19.2 Å². The number of carbonyl (C=O) groups is 4. The molecule has 4 amide bonds. The zero-order chi connectivity index (χ0) is 40.1. The van der Waals surface area contributed by atoms with E-state index < -0.39 is 24.3 Å². The molecule has 0 spiro atoms. The van der Waals surface area contributed by atoms with Crippen LogP contribution in [0.4, 0.5) is 9.59 Å². The fourth-order valence-corrected chi connectivity index (χ4v) is 9.02. The molecule has 1 aliphatic carbocycles. The number of ether oxygens (including phenoxy) is 3. The van der Waals surface area contributed by atoms with Gasteiger partial charge < -0.3 is 34.6 Å². The van der Waals surface area contributed by atoms with Gasteiger partial charge in [0, 0.05) is 44.6 Å². The number of allylic oxidation sites excluding steroid dienone is 4. The average Bonchev–Trinajstić information content (AvgIpc) is 4.09. The molecule has 12 nitrogen and oxygen atoms in total. The summed E-state index contributed by atoms with van der Waals surface area (Å²) in [6.07, 6.45) is 11.6. The number of nitrogens with zero attached hydrogens (tertiary/aromatic N) is 3. The Labute approximate surface area is 335 Å². The first-order valence-corrected chi connectivity index (χ1v) is 20.4. The summed E-state index contributed by atoms with van der Waals surface area (Å²) in [6, 6.07) is 15.9. The Morgan fingerprint density at radius 2 is 1.26 bits per heavy atom. The number of hydrogen-bond acceptors (Lipinski definition) is 8. The molecule has 5 aliphatic rings. The summed E-state index contributed by atoms with van der Waals surface area (Å²) in [5, 5.41) is 5.57. The summed E-state index contributed by atoms with van der Waals surface area (Å²) < 4.78 is 15.2. The molecular formula is C45H55N5O7. The zero-order valence-corrected chi connectivity index (χ0v) is 33.5. The number of methoxy groups -OCH3 is 2. The van der Waals surface area contributed by atoms with Crippen LogP contribution in [-0.2, 0) is 23.8 Å². The minimum absolute atomic E-state index is 0.00875. The number of amides is 4. The first kappa shape index (κ1) is 40.0. The molecule has 4 aliphatic heterocycles. The lowest BCUT2D eigenvalue weighted by molar-refractivity contribution is -0.136. The summed E-state index contributed by atoms with van der Waals surface area (Å²) in [7, 11) is 2.63. The van der Waals surface area contributed by atoms with Crippen molar-refractivity contribution in [2.75, 3.05) is 40.5 Å². The molecule has 2 aromatic rings. The second-order valence-corrected chi connectivity index (χ2v) is 16.0. The highest BCUT2D eigenvalue weighted by atomic mass is 16.5. The number of nitrogens with one attached hydrogen (secondary N) is 2. The Morgan fingerprint density at radius 3 is 1.88 bits per heavy atom. The molecule has 3 fully saturated rings. The van der Waals surface area contributed by atoms with Gasteiger partial charge in [0.1, 0.15) is 12.1 Å². The number of aliphatic imine (C=N–C) groups is 1. The third-order valence-electron chi connectivity index (χ3n) is 12.2. The highest BCUT2D eigenvalue weighted by Gasteiger charge is 2.41. The lowest BCUT2D eigenvalue weighted by atomic mass is 9.90. The van der Waals surface area contributed by atoms with Gasteiger partial charge >= 0.3 is 12.2 Å². The van der Waals surface area contributed by atoms with Crippen LogP contribution in [0.25, 0.3) is 22.3 Å². The van der Waals surface area contributed by atoms with E-state index >= 15 is 0 Å². The lowest BCUT2D eigenvalue weighted by Gasteiger charge is -2.35. The van der Waals surface area contributed by atoms with E-state index in [1.54, 1.807) is 0 Å². The zero-order valence-electron chi connectivity index (χ0n) is 33.5. The molecule has 0 radical (unpaired) electrons. The molecule has 2 unspecified atom stereocenters. The molecule has 2 aromatic carbocycles. The van der Waals surface area contributed by atoms with Crippen LogP contribution in [0.2, 0.25) is 0 Å².